The number of benzene rings is 1. The Labute approximate surface area is 153 Å². The van der Waals surface area contributed by atoms with E-state index in [9.17, 15) is 4.79 Å². The Morgan fingerprint density at radius 1 is 1.12 bits per heavy atom. The fraction of sp³-hybridized carbons (Fsp3) is 0.474. The van der Waals surface area contributed by atoms with E-state index in [4.69, 9.17) is 4.74 Å². The Hall–Kier alpha value is -1.79. The third-order valence-corrected chi connectivity index (χ3v) is 5.04. The molecule has 0 atom stereocenters. The first-order valence-corrected chi connectivity index (χ1v) is 9.43. The zero-order chi connectivity index (χ0) is 17.9. The van der Waals surface area contributed by atoms with Crippen LogP contribution in [0.1, 0.15) is 27.2 Å². The van der Waals surface area contributed by atoms with Crippen LogP contribution in [0.5, 0.6) is 0 Å². The Morgan fingerprint density at radius 3 is 2.76 bits per heavy atom. The standard InChI is InChI=1S/C19H25N3O2S/c1-19(2,3)24-18(23)21-9-4-10-22(12-11-21)25-17-6-5-16-14-20-8-7-15(16)13-17/h5-8,13-14H,4,9-12H2,1-3H3. The molecule has 25 heavy (non-hydrogen) atoms. The molecule has 1 fully saturated rings. The monoisotopic (exact) mass is 359 g/mol. The van der Waals surface area contributed by atoms with Gasteiger partial charge in [-0.05, 0) is 62.7 Å². The summed E-state index contributed by atoms with van der Waals surface area (Å²) >= 11 is 1.75. The van der Waals surface area contributed by atoms with E-state index in [1.165, 1.54) is 10.3 Å². The molecule has 0 radical (unpaired) electrons. The van der Waals surface area contributed by atoms with Crippen molar-refractivity contribution in [2.45, 2.75) is 37.7 Å². The zero-order valence-electron chi connectivity index (χ0n) is 15.1. The highest BCUT2D eigenvalue weighted by molar-refractivity contribution is 7.97. The minimum atomic E-state index is -0.447. The maximum Gasteiger partial charge on any atom is 0.410 e. The van der Waals surface area contributed by atoms with Gasteiger partial charge in [-0.15, -0.1) is 0 Å². The van der Waals surface area contributed by atoms with E-state index >= 15 is 0 Å². The number of ether oxygens (including phenoxy) is 1. The first-order valence-electron chi connectivity index (χ1n) is 8.65. The van der Waals surface area contributed by atoms with Crippen LogP contribution in [-0.4, -0.2) is 52.1 Å². The first kappa shape index (κ1) is 18.0. The van der Waals surface area contributed by atoms with Crippen molar-refractivity contribution in [2.75, 3.05) is 26.2 Å². The lowest BCUT2D eigenvalue weighted by atomic mass is 10.2. The smallest absolute Gasteiger partial charge is 0.410 e. The molecule has 1 aliphatic heterocycles. The van der Waals surface area contributed by atoms with Crippen molar-refractivity contribution in [1.29, 1.82) is 0 Å². The average molecular weight is 359 g/mol. The molecule has 1 aliphatic rings. The molecule has 2 aromatic rings. The Bertz CT molecular complexity index is 745. The quantitative estimate of drug-likeness (QED) is 0.753. The van der Waals surface area contributed by atoms with Crippen LogP contribution in [0.4, 0.5) is 4.79 Å². The SMILES string of the molecule is CC(C)(C)OC(=O)N1CCCN(Sc2ccc3cnccc3c2)CC1. The summed E-state index contributed by atoms with van der Waals surface area (Å²) in [5.41, 5.74) is -0.447. The Morgan fingerprint density at radius 2 is 1.96 bits per heavy atom. The molecule has 0 saturated carbocycles. The molecule has 1 aromatic heterocycles. The fourth-order valence-corrected chi connectivity index (χ4v) is 3.76. The van der Waals surface area contributed by atoms with Crippen LogP contribution in [0.2, 0.25) is 0 Å². The number of amides is 1. The number of pyridine rings is 1. The van der Waals surface area contributed by atoms with E-state index in [-0.39, 0.29) is 6.09 Å². The number of hydrogen-bond donors (Lipinski definition) is 0. The van der Waals surface area contributed by atoms with Crippen LogP contribution in [0.25, 0.3) is 10.8 Å². The number of fused-ring (bicyclic) bond motifs is 1. The highest BCUT2D eigenvalue weighted by atomic mass is 32.2. The number of aromatic nitrogens is 1. The molecule has 0 bridgehead atoms. The predicted molar refractivity (Wildman–Crippen MR) is 102 cm³/mol. The van der Waals surface area contributed by atoms with Gasteiger partial charge >= 0.3 is 6.09 Å². The van der Waals surface area contributed by atoms with Gasteiger partial charge in [-0.2, -0.15) is 0 Å². The zero-order valence-corrected chi connectivity index (χ0v) is 15.9. The van der Waals surface area contributed by atoms with Gasteiger partial charge < -0.3 is 9.64 Å². The van der Waals surface area contributed by atoms with Crippen LogP contribution in [0.3, 0.4) is 0 Å². The van der Waals surface area contributed by atoms with E-state index in [1.54, 1.807) is 11.9 Å². The van der Waals surface area contributed by atoms with E-state index in [1.807, 2.05) is 44.1 Å². The van der Waals surface area contributed by atoms with Crippen molar-refractivity contribution in [3.63, 3.8) is 0 Å². The number of rotatable bonds is 2. The van der Waals surface area contributed by atoms with Crippen molar-refractivity contribution in [3.8, 4) is 0 Å². The lowest BCUT2D eigenvalue weighted by Crippen LogP contribution is -2.38. The van der Waals surface area contributed by atoms with E-state index < -0.39 is 5.60 Å². The van der Waals surface area contributed by atoms with Crippen molar-refractivity contribution in [2.24, 2.45) is 0 Å². The molecule has 0 aliphatic carbocycles. The molecule has 0 spiro atoms. The molecular formula is C19H25N3O2S. The normalized spacial score (nSPS) is 16.7. The van der Waals surface area contributed by atoms with Crippen LogP contribution in [0.15, 0.2) is 41.6 Å². The minimum absolute atomic E-state index is 0.211. The molecule has 1 amide bonds. The summed E-state index contributed by atoms with van der Waals surface area (Å²) in [4.78, 5) is 19.4. The van der Waals surface area contributed by atoms with E-state index in [0.29, 0.717) is 6.54 Å². The maximum atomic E-state index is 12.3. The molecular weight excluding hydrogens is 334 g/mol. The Balaban J connectivity index is 1.60. The maximum absolute atomic E-state index is 12.3. The molecule has 6 heteroatoms. The van der Waals surface area contributed by atoms with Crippen molar-refractivity contribution in [1.82, 2.24) is 14.2 Å². The minimum Gasteiger partial charge on any atom is -0.444 e. The fourth-order valence-electron chi connectivity index (χ4n) is 2.76. The Kier molecular flexibility index (Phi) is 5.49. The predicted octanol–water partition coefficient (Wildman–Crippen LogP) is 4.18. The summed E-state index contributed by atoms with van der Waals surface area (Å²) in [7, 11) is 0. The summed E-state index contributed by atoms with van der Waals surface area (Å²) in [6.07, 6.45) is 4.44. The lowest BCUT2D eigenvalue weighted by molar-refractivity contribution is 0.0260. The number of carbonyl (C=O) groups excluding carboxylic acids is 1. The number of nitrogens with zero attached hydrogens (tertiary/aromatic N) is 3. The third-order valence-electron chi connectivity index (χ3n) is 3.95. The van der Waals surface area contributed by atoms with Gasteiger partial charge in [0.15, 0.2) is 0 Å². The molecule has 0 N–H and O–H groups in total. The summed E-state index contributed by atoms with van der Waals surface area (Å²) in [6.45, 7) is 8.94. The second-order valence-electron chi connectivity index (χ2n) is 7.23. The van der Waals surface area contributed by atoms with Gasteiger partial charge in [0.05, 0.1) is 0 Å². The second-order valence-corrected chi connectivity index (χ2v) is 8.40. The molecule has 1 saturated heterocycles. The van der Waals surface area contributed by atoms with Crippen molar-refractivity contribution < 1.29 is 9.53 Å². The third kappa shape index (κ3) is 5.09. The van der Waals surface area contributed by atoms with Crippen LogP contribution >= 0.6 is 11.9 Å². The largest absolute Gasteiger partial charge is 0.444 e. The van der Waals surface area contributed by atoms with Crippen LogP contribution < -0.4 is 0 Å². The number of hydrogen-bond acceptors (Lipinski definition) is 5. The van der Waals surface area contributed by atoms with Gasteiger partial charge in [-0.3, -0.25) is 4.98 Å². The summed E-state index contributed by atoms with van der Waals surface area (Å²) in [6, 6.07) is 8.46. The van der Waals surface area contributed by atoms with Gasteiger partial charge in [-0.25, -0.2) is 9.10 Å². The summed E-state index contributed by atoms with van der Waals surface area (Å²) in [5.74, 6) is 0. The molecule has 1 aromatic carbocycles. The van der Waals surface area contributed by atoms with Crippen LogP contribution in [0, 0.1) is 0 Å². The molecule has 134 valence electrons. The highest BCUT2D eigenvalue weighted by Crippen LogP contribution is 2.27. The summed E-state index contributed by atoms with van der Waals surface area (Å²) < 4.78 is 7.82. The molecule has 5 nitrogen and oxygen atoms in total. The summed E-state index contributed by atoms with van der Waals surface area (Å²) in [5, 5.41) is 2.35. The van der Waals surface area contributed by atoms with Gasteiger partial charge in [0.25, 0.3) is 0 Å². The van der Waals surface area contributed by atoms with Gasteiger partial charge in [-0.1, -0.05) is 6.07 Å². The second kappa shape index (κ2) is 7.62. The molecule has 2 heterocycles. The topological polar surface area (TPSA) is 45.7 Å². The molecule has 0 unspecified atom stereocenters. The van der Waals surface area contributed by atoms with Crippen molar-refractivity contribution in [3.05, 3.63) is 36.7 Å². The average Bonchev–Trinajstić information content (AvgIpc) is 2.79. The van der Waals surface area contributed by atoms with Gasteiger partial charge in [0.1, 0.15) is 5.60 Å². The lowest BCUT2D eigenvalue weighted by Gasteiger charge is -2.26. The van der Waals surface area contributed by atoms with E-state index in [0.717, 1.165) is 31.4 Å². The van der Waals surface area contributed by atoms with Crippen molar-refractivity contribution >= 4 is 28.8 Å². The highest BCUT2D eigenvalue weighted by Gasteiger charge is 2.24. The van der Waals surface area contributed by atoms with Gasteiger partial charge in [0.2, 0.25) is 0 Å². The van der Waals surface area contributed by atoms with Crippen LogP contribution in [-0.2, 0) is 4.74 Å². The van der Waals surface area contributed by atoms with Gasteiger partial charge in [0, 0.05) is 48.9 Å². The molecule has 3 rings (SSSR count). The van der Waals surface area contributed by atoms with E-state index in [2.05, 4.69) is 27.5 Å². The first-order chi connectivity index (χ1) is 11.9. The number of carbonyl (C=O) groups is 1.